The zero-order valence-corrected chi connectivity index (χ0v) is 15.9. The van der Waals surface area contributed by atoms with E-state index in [1.807, 2.05) is 6.92 Å². The lowest BCUT2D eigenvalue weighted by atomic mass is 9.95. The number of carbonyl (C=O) groups excluding carboxylic acids is 1. The van der Waals surface area contributed by atoms with Crippen LogP contribution in [-0.4, -0.2) is 21.4 Å². The van der Waals surface area contributed by atoms with Crippen LogP contribution in [0.3, 0.4) is 0 Å². The Bertz CT molecular complexity index is 848. The minimum atomic E-state index is -4.03. The van der Waals surface area contributed by atoms with Crippen LogP contribution in [0.4, 0.5) is 5.69 Å². The molecule has 0 N–H and O–H groups in total. The smallest absolute Gasteiger partial charge is 0.270 e. The van der Waals surface area contributed by atoms with Gasteiger partial charge in [0, 0.05) is 5.41 Å². The van der Waals surface area contributed by atoms with Crippen molar-refractivity contribution in [1.82, 2.24) is 0 Å². The predicted molar refractivity (Wildman–Crippen MR) is 98.3 cm³/mol. The Morgan fingerprint density at radius 1 is 0.960 bits per heavy atom. The summed E-state index contributed by atoms with van der Waals surface area (Å²) in [5, 5.41) is 0. The summed E-state index contributed by atoms with van der Waals surface area (Å²) in [6.45, 7) is 6.95. The van der Waals surface area contributed by atoms with E-state index in [1.165, 1.54) is 19.2 Å². The van der Waals surface area contributed by atoms with Crippen LogP contribution in [0.25, 0.3) is 0 Å². The highest BCUT2D eigenvalue weighted by Gasteiger charge is 2.37. The second kappa shape index (κ2) is 6.88. The minimum Gasteiger partial charge on any atom is -0.497 e. The number of benzene rings is 2. The second-order valence-corrected chi connectivity index (χ2v) is 8.62. The Kier molecular flexibility index (Phi) is 5.23. The van der Waals surface area contributed by atoms with Gasteiger partial charge in [0.05, 0.1) is 17.7 Å². The molecule has 0 aromatic heterocycles. The first-order valence-electron chi connectivity index (χ1n) is 7.88. The average Bonchev–Trinajstić information content (AvgIpc) is 2.55. The number of methoxy groups -OCH3 is 1. The van der Waals surface area contributed by atoms with E-state index in [1.54, 1.807) is 57.2 Å². The molecule has 0 radical (unpaired) electrons. The van der Waals surface area contributed by atoms with Gasteiger partial charge in [0.1, 0.15) is 5.75 Å². The van der Waals surface area contributed by atoms with Gasteiger partial charge in [-0.1, -0.05) is 38.5 Å². The van der Waals surface area contributed by atoms with Crippen molar-refractivity contribution >= 4 is 21.6 Å². The Morgan fingerprint density at radius 3 is 1.92 bits per heavy atom. The van der Waals surface area contributed by atoms with E-state index in [2.05, 4.69) is 0 Å². The molecule has 2 aromatic rings. The standard InChI is InChI=1S/C19H23NO4S/c1-14-6-12-17(13-7-14)25(22,23)20(18(21)19(2,3)4)15-8-10-16(24-5)11-9-15/h6-13H,1-5H3. The van der Waals surface area contributed by atoms with Crippen LogP contribution < -0.4 is 9.04 Å². The molecule has 1 amide bonds. The molecule has 0 saturated carbocycles. The SMILES string of the molecule is COc1ccc(N(C(=O)C(C)(C)C)S(=O)(=O)c2ccc(C)cc2)cc1. The molecule has 134 valence electrons. The molecule has 6 heteroatoms. The predicted octanol–water partition coefficient (Wildman–Crippen LogP) is 3.77. The number of ether oxygens (including phenoxy) is 1. The molecule has 0 aliphatic carbocycles. The molecule has 0 unspecified atom stereocenters. The van der Waals surface area contributed by atoms with Crippen LogP contribution in [0.2, 0.25) is 0 Å². The van der Waals surface area contributed by atoms with Gasteiger partial charge in [0.25, 0.3) is 10.0 Å². The van der Waals surface area contributed by atoms with Crippen LogP contribution in [0.15, 0.2) is 53.4 Å². The number of anilines is 1. The number of amides is 1. The van der Waals surface area contributed by atoms with Crippen molar-refractivity contribution in [3.8, 4) is 5.75 Å². The van der Waals surface area contributed by atoms with Gasteiger partial charge in [-0.2, -0.15) is 0 Å². The van der Waals surface area contributed by atoms with Gasteiger partial charge in [0.2, 0.25) is 5.91 Å². The maximum absolute atomic E-state index is 13.2. The van der Waals surface area contributed by atoms with Crippen LogP contribution in [-0.2, 0) is 14.8 Å². The highest BCUT2D eigenvalue weighted by Crippen LogP contribution is 2.30. The quantitative estimate of drug-likeness (QED) is 0.831. The minimum absolute atomic E-state index is 0.0755. The molecule has 0 aliphatic heterocycles. The van der Waals surface area contributed by atoms with Crippen molar-refractivity contribution in [2.75, 3.05) is 11.4 Å². The number of hydrogen-bond donors (Lipinski definition) is 0. The Balaban J connectivity index is 2.61. The van der Waals surface area contributed by atoms with Crippen molar-refractivity contribution < 1.29 is 17.9 Å². The highest BCUT2D eigenvalue weighted by atomic mass is 32.2. The Labute approximate surface area is 149 Å². The maximum atomic E-state index is 13.2. The first-order chi connectivity index (χ1) is 11.6. The van der Waals surface area contributed by atoms with Crippen molar-refractivity contribution in [3.05, 3.63) is 54.1 Å². The van der Waals surface area contributed by atoms with Crippen LogP contribution in [0.5, 0.6) is 5.75 Å². The first-order valence-corrected chi connectivity index (χ1v) is 9.32. The zero-order chi connectivity index (χ0) is 18.8. The molecule has 0 saturated heterocycles. The Morgan fingerprint density at radius 2 is 1.48 bits per heavy atom. The average molecular weight is 361 g/mol. The fraction of sp³-hybridized carbons (Fsp3) is 0.316. The monoisotopic (exact) mass is 361 g/mol. The number of carbonyl (C=O) groups is 1. The summed E-state index contributed by atoms with van der Waals surface area (Å²) in [6.07, 6.45) is 0. The van der Waals surface area contributed by atoms with Gasteiger partial charge < -0.3 is 4.74 Å². The third kappa shape index (κ3) is 4.02. The van der Waals surface area contributed by atoms with E-state index >= 15 is 0 Å². The molecule has 5 nitrogen and oxygen atoms in total. The second-order valence-electron chi connectivity index (χ2n) is 6.84. The summed E-state index contributed by atoms with van der Waals surface area (Å²) in [4.78, 5) is 13.0. The van der Waals surface area contributed by atoms with Crippen LogP contribution >= 0.6 is 0 Å². The van der Waals surface area contributed by atoms with Gasteiger partial charge in [-0.15, -0.1) is 0 Å². The van der Waals surface area contributed by atoms with Crippen molar-refractivity contribution in [2.45, 2.75) is 32.6 Å². The van der Waals surface area contributed by atoms with Crippen LogP contribution in [0, 0.1) is 12.3 Å². The Hall–Kier alpha value is -2.34. The molecular weight excluding hydrogens is 338 g/mol. The summed E-state index contributed by atoms with van der Waals surface area (Å²) < 4.78 is 32.3. The molecule has 2 aromatic carbocycles. The van der Waals surface area contributed by atoms with Gasteiger partial charge in [-0.25, -0.2) is 12.7 Å². The lowest BCUT2D eigenvalue weighted by Crippen LogP contribution is -2.43. The van der Waals surface area contributed by atoms with Crippen molar-refractivity contribution in [2.24, 2.45) is 5.41 Å². The van der Waals surface area contributed by atoms with Crippen molar-refractivity contribution in [1.29, 1.82) is 0 Å². The van der Waals surface area contributed by atoms with E-state index in [4.69, 9.17) is 4.74 Å². The zero-order valence-electron chi connectivity index (χ0n) is 15.1. The number of rotatable bonds is 4. The molecule has 25 heavy (non-hydrogen) atoms. The van der Waals surface area contributed by atoms with E-state index in [0.717, 1.165) is 9.87 Å². The molecule has 0 heterocycles. The van der Waals surface area contributed by atoms with E-state index in [9.17, 15) is 13.2 Å². The summed E-state index contributed by atoms with van der Waals surface area (Å²) in [5.74, 6) is 0.0814. The van der Waals surface area contributed by atoms with E-state index in [-0.39, 0.29) is 10.6 Å². The molecule has 0 fully saturated rings. The summed E-state index contributed by atoms with van der Waals surface area (Å²) in [5.41, 5.74) is 0.357. The summed E-state index contributed by atoms with van der Waals surface area (Å²) in [7, 11) is -2.51. The number of sulfonamides is 1. The van der Waals surface area contributed by atoms with E-state index in [0.29, 0.717) is 5.75 Å². The lowest BCUT2D eigenvalue weighted by molar-refractivity contribution is -0.124. The molecule has 0 aliphatic rings. The highest BCUT2D eigenvalue weighted by molar-refractivity contribution is 7.93. The normalized spacial score (nSPS) is 11.9. The van der Waals surface area contributed by atoms with E-state index < -0.39 is 21.3 Å². The molecule has 0 atom stereocenters. The van der Waals surface area contributed by atoms with Crippen LogP contribution in [0.1, 0.15) is 26.3 Å². The summed E-state index contributed by atoms with van der Waals surface area (Å²) in [6, 6.07) is 12.8. The van der Waals surface area contributed by atoms with Gasteiger partial charge in [-0.3, -0.25) is 4.79 Å². The van der Waals surface area contributed by atoms with Gasteiger partial charge >= 0.3 is 0 Å². The number of aryl methyl sites for hydroxylation is 1. The third-order valence-electron chi connectivity index (χ3n) is 3.69. The van der Waals surface area contributed by atoms with Gasteiger partial charge in [-0.05, 0) is 43.3 Å². The fourth-order valence-corrected chi connectivity index (χ4v) is 3.79. The van der Waals surface area contributed by atoms with Gasteiger partial charge in [0.15, 0.2) is 0 Å². The largest absolute Gasteiger partial charge is 0.497 e. The first kappa shape index (κ1) is 19.0. The maximum Gasteiger partial charge on any atom is 0.270 e. The number of hydrogen-bond acceptors (Lipinski definition) is 4. The molecule has 0 bridgehead atoms. The lowest BCUT2D eigenvalue weighted by Gasteiger charge is -2.29. The topological polar surface area (TPSA) is 63.7 Å². The summed E-state index contributed by atoms with van der Waals surface area (Å²) >= 11 is 0. The third-order valence-corrected chi connectivity index (χ3v) is 5.42. The fourth-order valence-electron chi connectivity index (χ4n) is 2.20. The molecular formula is C19H23NO4S. The van der Waals surface area contributed by atoms with Crippen molar-refractivity contribution in [3.63, 3.8) is 0 Å². The number of nitrogens with zero attached hydrogens (tertiary/aromatic N) is 1. The molecule has 2 rings (SSSR count). The molecule has 0 spiro atoms.